The Hall–Kier alpha value is -1.15. The van der Waals surface area contributed by atoms with Crippen LogP contribution in [0.4, 0.5) is 0 Å². The summed E-state index contributed by atoms with van der Waals surface area (Å²) in [4.78, 5) is 2.33. The van der Waals surface area contributed by atoms with Crippen molar-refractivity contribution in [1.82, 2.24) is 9.21 Å². The molecule has 0 atom stereocenters. The third-order valence-electron chi connectivity index (χ3n) is 3.74. The monoisotopic (exact) mass is 314 g/mol. The minimum atomic E-state index is -3.53. The van der Waals surface area contributed by atoms with Gasteiger partial charge in [-0.3, -0.25) is 0 Å². The highest BCUT2D eigenvalue weighted by molar-refractivity contribution is 7.89. The molecule has 1 aromatic rings. The maximum atomic E-state index is 12.7. The molecule has 0 bridgehead atoms. The first-order chi connectivity index (χ1) is 9.98. The van der Waals surface area contributed by atoms with Gasteiger partial charge in [-0.05, 0) is 38.2 Å². The summed E-state index contributed by atoms with van der Waals surface area (Å²) in [5, 5.41) is 9.33. The second kappa shape index (κ2) is 6.74. The summed E-state index contributed by atoms with van der Waals surface area (Å²) in [6.45, 7) is 2.38. The third-order valence-corrected chi connectivity index (χ3v) is 5.63. The summed E-state index contributed by atoms with van der Waals surface area (Å²) in [5.41, 5.74) is 0.477. The molecule has 1 aromatic carbocycles. The van der Waals surface area contributed by atoms with Crippen LogP contribution in [-0.4, -0.2) is 63.1 Å². The first kappa shape index (κ1) is 16.2. The van der Waals surface area contributed by atoms with Gasteiger partial charge in [-0.2, -0.15) is 4.31 Å². The summed E-state index contributed by atoms with van der Waals surface area (Å²) in [5.74, 6) is 0.493. The van der Waals surface area contributed by atoms with Crippen LogP contribution in [0.25, 0.3) is 0 Å². The van der Waals surface area contributed by atoms with Crippen LogP contribution >= 0.6 is 0 Å². The molecule has 1 aliphatic rings. The Morgan fingerprint density at radius 2 is 2.00 bits per heavy atom. The highest BCUT2D eigenvalue weighted by atomic mass is 32.2. The summed E-state index contributed by atoms with van der Waals surface area (Å²) >= 11 is 0. The Balaban J connectivity index is 2.30. The van der Waals surface area contributed by atoms with Gasteiger partial charge in [0.25, 0.3) is 0 Å². The molecule has 21 heavy (non-hydrogen) atoms. The number of likely N-dealkylation sites (N-methyl/N-ethyl adjacent to an activating group) is 1. The number of methoxy groups -OCH3 is 1. The molecule has 0 unspecified atom stereocenters. The van der Waals surface area contributed by atoms with E-state index in [-0.39, 0.29) is 11.5 Å². The van der Waals surface area contributed by atoms with E-state index < -0.39 is 10.0 Å². The number of benzene rings is 1. The molecule has 0 saturated carbocycles. The first-order valence-corrected chi connectivity index (χ1v) is 8.39. The van der Waals surface area contributed by atoms with Gasteiger partial charge in [0, 0.05) is 25.2 Å². The van der Waals surface area contributed by atoms with E-state index in [0.29, 0.717) is 24.4 Å². The van der Waals surface area contributed by atoms with Crippen molar-refractivity contribution in [3.63, 3.8) is 0 Å². The van der Waals surface area contributed by atoms with Gasteiger partial charge in [-0.1, -0.05) is 0 Å². The van der Waals surface area contributed by atoms with E-state index in [1.807, 2.05) is 7.05 Å². The first-order valence-electron chi connectivity index (χ1n) is 6.95. The molecule has 0 spiro atoms. The maximum Gasteiger partial charge on any atom is 0.243 e. The average molecular weight is 314 g/mol. The minimum Gasteiger partial charge on any atom is -0.496 e. The number of rotatable bonds is 4. The Labute approximate surface area is 126 Å². The van der Waals surface area contributed by atoms with E-state index in [4.69, 9.17) is 4.74 Å². The average Bonchev–Trinajstić information content (AvgIpc) is 2.71. The summed E-state index contributed by atoms with van der Waals surface area (Å²) in [6.07, 6.45) is 0.818. The quantitative estimate of drug-likeness (QED) is 0.877. The van der Waals surface area contributed by atoms with Gasteiger partial charge in [-0.25, -0.2) is 8.42 Å². The lowest BCUT2D eigenvalue weighted by atomic mass is 10.2. The largest absolute Gasteiger partial charge is 0.496 e. The van der Waals surface area contributed by atoms with Crippen molar-refractivity contribution in [2.24, 2.45) is 0 Å². The van der Waals surface area contributed by atoms with E-state index in [9.17, 15) is 13.5 Å². The van der Waals surface area contributed by atoms with Crippen LogP contribution in [0.1, 0.15) is 12.0 Å². The molecule has 118 valence electrons. The number of sulfonamides is 1. The van der Waals surface area contributed by atoms with E-state index in [0.717, 1.165) is 19.5 Å². The number of nitrogens with zero attached hydrogens (tertiary/aromatic N) is 2. The van der Waals surface area contributed by atoms with E-state index in [1.165, 1.54) is 23.5 Å². The zero-order valence-electron chi connectivity index (χ0n) is 12.4. The predicted molar refractivity (Wildman–Crippen MR) is 79.8 cm³/mol. The fraction of sp³-hybridized carbons (Fsp3) is 0.571. The van der Waals surface area contributed by atoms with Crippen LogP contribution in [-0.2, 0) is 16.6 Å². The van der Waals surface area contributed by atoms with E-state index in [1.54, 1.807) is 6.07 Å². The lowest BCUT2D eigenvalue weighted by molar-refractivity contribution is 0.273. The maximum absolute atomic E-state index is 12.7. The summed E-state index contributed by atoms with van der Waals surface area (Å²) in [7, 11) is -0.0396. The van der Waals surface area contributed by atoms with Crippen LogP contribution in [0.15, 0.2) is 23.1 Å². The topological polar surface area (TPSA) is 70.1 Å². The van der Waals surface area contributed by atoms with Gasteiger partial charge in [0.15, 0.2) is 0 Å². The van der Waals surface area contributed by atoms with Crippen molar-refractivity contribution in [3.05, 3.63) is 23.8 Å². The molecule has 1 aliphatic heterocycles. The minimum absolute atomic E-state index is 0.205. The molecule has 1 fully saturated rings. The third kappa shape index (κ3) is 3.55. The van der Waals surface area contributed by atoms with Crippen molar-refractivity contribution < 1.29 is 18.3 Å². The fourth-order valence-corrected chi connectivity index (χ4v) is 3.97. The molecule has 1 N–H and O–H groups in total. The lowest BCUT2D eigenvalue weighted by Crippen LogP contribution is -2.34. The van der Waals surface area contributed by atoms with Crippen LogP contribution in [0.2, 0.25) is 0 Å². The van der Waals surface area contributed by atoms with Crippen molar-refractivity contribution in [3.8, 4) is 5.75 Å². The van der Waals surface area contributed by atoms with Gasteiger partial charge < -0.3 is 14.7 Å². The van der Waals surface area contributed by atoms with E-state index in [2.05, 4.69) is 4.90 Å². The second-order valence-corrected chi connectivity index (χ2v) is 7.13. The number of aliphatic hydroxyl groups is 1. The Bertz CT molecular complexity index is 589. The predicted octanol–water partition coefficient (Wildman–Crippen LogP) is 0.514. The molecule has 7 heteroatoms. The Morgan fingerprint density at radius 3 is 2.67 bits per heavy atom. The molecule has 0 amide bonds. The van der Waals surface area contributed by atoms with Crippen molar-refractivity contribution >= 4 is 10.0 Å². The highest BCUT2D eigenvalue weighted by Gasteiger charge is 2.26. The number of aliphatic hydroxyl groups excluding tert-OH is 1. The summed E-state index contributed by atoms with van der Waals surface area (Å²) in [6, 6.07) is 4.60. The molecule has 0 aliphatic carbocycles. The molecule has 0 aromatic heterocycles. The van der Waals surface area contributed by atoms with Gasteiger partial charge in [0.2, 0.25) is 10.0 Å². The molecule has 1 saturated heterocycles. The Kier molecular flexibility index (Phi) is 5.21. The molecular formula is C14H22N2O4S. The smallest absolute Gasteiger partial charge is 0.243 e. The van der Waals surface area contributed by atoms with E-state index >= 15 is 0 Å². The van der Waals surface area contributed by atoms with Crippen LogP contribution in [0.3, 0.4) is 0 Å². The molecule has 6 nitrogen and oxygen atoms in total. The van der Waals surface area contributed by atoms with Gasteiger partial charge in [0.05, 0.1) is 18.6 Å². The van der Waals surface area contributed by atoms with Gasteiger partial charge in [-0.15, -0.1) is 0 Å². The van der Waals surface area contributed by atoms with Crippen molar-refractivity contribution in [2.75, 3.05) is 40.3 Å². The SMILES string of the molecule is COc1ccc(S(=O)(=O)N2CCCN(C)CC2)cc1CO. The second-order valence-electron chi connectivity index (χ2n) is 5.19. The van der Waals surface area contributed by atoms with Crippen molar-refractivity contribution in [2.45, 2.75) is 17.9 Å². The van der Waals surface area contributed by atoms with Crippen molar-refractivity contribution in [1.29, 1.82) is 0 Å². The lowest BCUT2D eigenvalue weighted by Gasteiger charge is -2.21. The number of hydrogen-bond acceptors (Lipinski definition) is 5. The van der Waals surface area contributed by atoms with Gasteiger partial charge in [0.1, 0.15) is 5.75 Å². The standard InChI is InChI=1S/C14H22N2O4S/c1-15-6-3-7-16(9-8-15)21(18,19)13-4-5-14(20-2)12(10-13)11-17/h4-5,10,17H,3,6-9,11H2,1-2H3. The molecule has 1 heterocycles. The molecular weight excluding hydrogens is 292 g/mol. The summed E-state index contributed by atoms with van der Waals surface area (Å²) < 4.78 is 32.0. The number of hydrogen-bond donors (Lipinski definition) is 1. The zero-order chi connectivity index (χ0) is 15.5. The molecule has 2 rings (SSSR count). The fourth-order valence-electron chi connectivity index (χ4n) is 2.45. The molecule has 0 radical (unpaired) electrons. The highest BCUT2D eigenvalue weighted by Crippen LogP contribution is 2.25. The van der Waals surface area contributed by atoms with Gasteiger partial charge >= 0.3 is 0 Å². The van der Waals surface area contributed by atoms with Crippen LogP contribution in [0, 0.1) is 0 Å². The number of ether oxygens (including phenoxy) is 1. The van der Waals surface area contributed by atoms with Crippen LogP contribution < -0.4 is 4.74 Å². The zero-order valence-corrected chi connectivity index (χ0v) is 13.3. The Morgan fingerprint density at radius 1 is 1.24 bits per heavy atom. The normalized spacial score (nSPS) is 18.4. The van der Waals surface area contributed by atoms with Crippen LogP contribution in [0.5, 0.6) is 5.75 Å².